The maximum Gasteiger partial charge on any atom is 0.244 e. The average molecular weight is 499 g/mol. The van der Waals surface area contributed by atoms with Gasteiger partial charge in [0.25, 0.3) is 0 Å². The number of amides is 1. The Morgan fingerprint density at radius 1 is 1.03 bits per heavy atom. The van der Waals surface area contributed by atoms with E-state index in [2.05, 4.69) is 10.0 Å². The van der Waals surface area contributed by atoms with Gasteiger partial charge >= 0.3 is 0 Å². The Balaban J connectivity index is 1.46. The van der Waals surface area contributed by atoms with E-state index < -0.39 is 32.7 Å². The van der Waals surface area contributed by atoms with Crippen molar-refractivity contribution < 1.29 is 27.1 Å². The fraction of sp³-hybridized carbons (Fsp3) is 0.269. The molecule has 0 saturated carbocycles. The van der Waals surface area contributed by atoms with Gasteiger partial charge in [-0.15, -0.1) is 0 Å². The van der Waals surface area contributed by atoms with Crippen molar-refractivity contribution in [2.24, 2.45) is 0 Å². The summed E-state index contributed by atoms with van der Waals surface area (Å²) in [5.74, 6) is -0.821. The van der Waals surface area contributed by atoms with Gasteiger partial charge in [0, 0.05) is 12.3 Å². The van der Waals surface area contributed by atoms with Crippen LogP contribution in [-0.2, 0) is 26.0 Å². The number of hydrogen-bond acceptors (Lipinski definition) is 5. The molecule has 7 nitrogen and oxygen atoms in total. The molecule has 9 heteroatoms. The van der Waals surface area contributed by atoms with Gasteiger partial charge in [-0.2, -0.15) is 4.72 Å². The molecule has 2 N–H and O–H groups in total. The summed E-state index contributed by atoms with van der Waals surface area (Å²) in [4.78, 5) is 12.6. The lowest BCUT2D eigenvalue weighted by Crippen LogP contribution is -2.45. The maximum absolute atomic E-state index is 14.2. The number of anilines is 1. The smallest absolute Gasteiger partial charge is 0.244 e. The van der Waals surface area contributed by atoms with Gasteiger partial charge in [0.15, 0.2) is 0 Å². The Kier molecular flexibility index (Phi) is 8.12. The number of benzene rings is 3. The van der Waals surface area contributed by atoms with Crippen molar-refractivity contribution in [3.05, 3.63) is 90.2 Å². The van der Waals surface area contributed by atoms with Gasteiger partial charge in [0.1, 0.15) is 29.1 Å². The molecule has 1 amide bonds. The van der Waals surface area contributed by atoms with Crippen LogP contribution in [0.3, 0.4) is 0 Å². The minimum Gasteiger partial charge on any atom is -0.491 e. The molecule has 1 aliphatic rings. The summed E-state index contributed by atoms with van der Waals surface area (Å²) in [7, 11) is -4.29. The van der Waals surface area contributed by atoms with Crippen LogP contribution in [0, 0.1) is 5.82 Å². The largest absolute Gasteiger partial charge is 0.491 e. The minimum absolute atomic E-state index is 0.0862. The van der Waals surface area contributed by atoms with E-state index in [1.54, 1.807) is 48.5 Å². The summed E-state index contributed by atoms with van der Waals surface area (Å²) in [5.41, 5.74) is 1.23. The van der Waals surface area contributed by atoms with Crippen molar-refractivity contribution in [3.8, 4) is 5.75 Å². The zero-order chi connectivity index (χ0) is 24.7. The third-order valence-corrected chi connectivity index (χ3v) is 7.11. The molecule has 1 saturated heterocycles. The summed E-state index contributed by atoms with van der Waals surface area (Å²) >= 11 is 0. The van der Waals surface area contributed by atoms with E-state index in [-0.39, 0.29) is 12.5 Å². The molecule has 0 aromatic heterocycles. The summed E-state index contributed by atoms with van der Waals surface area (Å²) in [6, 6.07) is 19.7. The molecule has 35 heavy (non-hydrogen) atoms. The SMILES string of the molecule is O=C(Nc1ccc(OCC2CCCO2)cc1)[C@H](Cc1ccccc1)NS(=O)(=O)c1ccccc1F. The van der Waals surface area contributed by atoms with E-state index in [1.807, 2.05) is 6.07 Å². The highest BCUT2D eigenvalue weighted by Gasteiger charge is 2.28. The number of carbonyl (C=O) groups is 1. The van der Waals surface area contributed by atoms with Gasteiger partial charge in [0.2, 0.25) is 15.9 Å². The summed E-state index contributed by atoms with van der Waals surface area (Å²) in [5, 5.41) is 2.74. The summed E-state index contributed by atoms with van der Waals surface area (Å²) < 4.78 is 53.6. The van der Waals surface area contributed by atoms with Crippen LogP contribution in [0.15, 0.2) is 83.8 Å². The monoisotopic (exact) mass is 498 g/mol. The second-order valence-electron chi connectivity index (χ2n) is 8.25. The molecule has 2 atom stereocenters. The lowest BCUT2D eigenvalue weighted by molar-refractivity contribution is -0.117. The van der Waals surface area contributed by atoms with Crippen molar-refractivity contribution in [2.45, 2.75) is 36.3 Å². The second-order valence-corrected chi connectivity index (χ2v) is 9.94. The first-order valence-corrected chi connectivity index (χ1v) is 12.9. The van der Waals surface area contributed by atoms with Crippen molar-refractivity contribution >= 4 is 21.6 Å². The number of nitrogens with one attached hydrogen (secondary N) is 2. The van der Waals surface area contributed by atoms with Crippen molar-refractivity contribution in [2.75, 3.05) is 18.5 Å². The Hall–Kier alpha value is -3.27. The Bertz CT molecular complexity index is 1230. The lowest BCUT2D eigenvalue weighted by Gasteiger charge is -2.19. The van der Waals surface area contributed by atoms with E-state index in [1.165, 1.54) is 12.1 Å². The van der Waals surface area contributed by atoms with E-state index >= 15 is 0 Å². The molecule has 1 fully saturated rings. The number of ether oxygens (including phenoxy) is 2. The summed E-state index contributed by atoms with van der Waals surface area (Å²) in [6.45, 7) is 1.21. The number of rotatable bonds is 10. The molecule has 0 spiro atoms. The first-order valence-electron chi connectivity index (χ1n) is 11.4. The standard InChI is InChI=1S/C26H27FN2O5S/c27-23-10-4-5-11-25(23)35(31,32)29-24(17-19-7-2-1-3-8-19)26(30)28-20-12-14-21(15-13-20)34-18-22-9-6-16-33-22/h1-5,7-8,10-15,22,24,29H,6,9,16-18H2,(H,28,30)/t22?,24-/m0/s1. The first-order chi connectivity index (χ1) is 16.9. The fourth-order valence-electron chi connectivity index (χ4n) is 3.78. The average Bonchev–Trinajstić information content (AvgIpc) is 3.38. The van der Waals surface area contributed by atoms with E-state index in [0.717, 1.165) is 37.1 Å². The molecular formula is C26H27FN2O5S. The van der Waals surface area contributed by atoms with E-state index in [4.69, 9.17) is 9.47 Å². The molecule has 184 valence electrons. The van der Waals surface area contributed by atoms with Gasteiger partial charge in [-0.1, -0.05) is 42.5 Å². The zero-order valence-corrected chi connectivity index (χ0v) is 19.8. The summed E-state index contributed by atoms with van der Waals surface area (Å²) in [6.07, 6.45) is 2.18. The van der Waals surface area contributed by atoms with Gasteiger partial charge in [-0.25, -0.2) is 12.8 Å². The highest BCUT2D eigenvalue weighted by atomic mass is 32.2. The van der Waals surface area contributed by atoms with Crippen molar-refractivity contribution in [3.63, 3.8) is 0 Å². The van der Waals surface area contributed by atoms with Gasteiger partial charge < -0.3 is 14.8 Å². The topological polar surface area (TPSA) is 93.7 Å². The first kappa shape index (κ1) is 24.8. The van der Waals surface area contributed by atoms with Gasteiger partial charge in [-0.05, 0) is 61.2 Å². The number of carbonyl (C=O) groups excluding carboxylic acids is 1. The van der Waals surface area contributed by atoms with E-state index in [9.17, 15) is 17.6 Å². The molecule has 3 aromatic carbocycles. The molecule has 4 rings (SSSR count). The molecule has 1 unspecified atom stereocenters. The second kappa shape index (κ2) is 11.4. The van der Waals surface area contributed by atoms with Crippen LogP contribution in [0.2, 0.25) is 0 Å². The lowest BCUT2D eigenvalue weighted by atomic mass is 10.1. The predicted octanol–water partition coefficient (Wildman–Crippen LogP) is 3.91. The molecule has 0 bridgehead atoms. The van der Waals surface area contributed by atoms with Gasteiger partial charge in [-0.3, -0.25) is 4.79 Å². The van der Waals surface area contributed by atoms with Crippen LogP contribution < -0.4 is 14.8 Å². The molecule has 3 aromatic rings. The highest BCUT2D eigenvalue weighted by Crippen LogP contribution is 2.20. The molecule has 0 aliphatic carbocycles. The molecular weight excluding hydrogens is 471 g/mol. The number of halogens is 1. The van der Waals surface area contributed by atoms with Crippen molar-refractivity contribution in [1.82, 2.24) is 4.72 Å². The normalized spacial score (nSPS) is 16.5. The van der Waals surface area contributed by atoms with Gasteiger partial charge in [0.05, 0.1) is 6.10 Å². The van der Waals surface area contributed by atoms with Crippen molar-refractivity contribution in [1.29, 1.82) is 0 Å². The molecule has 1 aliphatic heterocycles. The van der Waals surface area contributed by atoms with Crippen LogP contribution in [-0.4, -0.2) is 39.7 Å². The highest BCUT2D eigenvalue weighted by molar-refractivity contribution is 7.89. The van der Waals surface area contributed by atoms with Crippen LogP contribution in [0.25, 0.3) is 0 Å². The van der Waals surface area contributed by atoms with E-state index in [0.29, 0.717) is 18.0 Å². The van der Waals surface area contributed by atoms with Crippen LogP contribution in [0.1, 0.15) is 18.4 Å². The third kappa shape index (κ3) is 6.88. The molecule has 1 heterocycles. The number of hydrogen-bond donors (Lipinski definition) is 2. The Morgan fingerprint density at radius 2 is 1.74 bits per heavy atom. The predicted molar refractivity (Wildman–Crippen MR) is 130 cm³/mol. The Morgan fingerprint density at radius 3 is 2.43 bits per heavy atom. The minimum atomic E-state index is -4.29. The quantitative estimate of drug-likeness (QED) is 0.442. The van der Waals surface area contributed by atoms with Crippen LogP contribution >= 0.6 is 0 Å². The van der Waals surface area contributed by atoms with Crippen LogP contribution in [0.4, 0.5) is 10.1 Å². The molecule has 0 radical (unpaired) electrons. The fourth-order valence-corrected chi connectivity index (χ4v) is 5.05. The zero-order valence-electron chi connectivity index (χ0n) is 19.0. The van der Waals surface area contributed by atoms with Crippen LogP contribution in [0.5, 0.6) is 5.75 Å². The number of sulfonamides is 1. The third-order valence-electron chi connectivity index (χ3n) is 5.60. The maximum atomic E-state index is 14.2. The Labute approximate surface area is 204 Å².